The Morgan fingerprint density at radius 2 is 1.83 bits per heavy atom. The maximum absolute atomic E-state index is 13.0. The quantitative estimate of drug-likeness (QED) is 0.548. The van der Waals surface area contributed by atoms with Gasteiger partial charge in [-0.05, 0) is 29.6 Å². The fourth-order valence-electron chi connectivity index (χ4n) is 3.05. The topological polar surface area (TPSA) is 111 Å². The molecule has 0 aliphatic carbocycles. The molecule has 0 aromatic carbocycles. The number of anilines is 1. The van der Waals surface area contributed by atoms with Crippen LogP contribution < -0.4 is 4.90 Å². The molecule has 3 aromatic rings. The van der Waals surface area contributed by atoms with Crippen molar-refractivity contribution in [1.29, 1.82) is 0 Å². The van der Waals surface area contributed by atoms with Crippen molar-refractivity contribution in [2.24, 2.45) is 0 Å². The molecular weight excluding hydrogens is 416 g/mol. The number of hydrogen-bond donors (Lipinski definition) is 0. The van der Waals surface area contributed by atoms with Crippen LogP contribution in [0.4, 0.5) is 5.82 Å². The molecule has 0 atom stereocenters. The zero-order valence-corrected chi connectivity index (χ0v) is 17.1. The molecule has 0 saturated carbocycles. The molecule has 29 heavy (non-hydrogen) atoms. The normalized spacial score (nSPS) is 15.4. The number of piperazine rings is 1. The maximum Gasteiger partial charge on any atom is 0.349 e. The van der Waals surface area contributed by atoms with Crippen LogP contribution in [0.1, 0.15) is 9.67 Å². The molecule has 12 heteroatoms. The van der Waals surface area contributed by atoms with Gasteiger partial charge in [-0.15, -0.1) is 21.5 Å². The number of esters is 1. The maximum atomic E-state index is 13.0. The molecule has 10 nitrogen and oxygen atoms in total. The summed E-state index contributed by atoms with van der Waals surface area (Å²) < 4.78 is 33.6. The molecule has 4 heterocycles. The van der Waals surface area contributed by atoms with Crippen molar-refractivity contribution in [3.05, 3.63) is 46.9 Å². The Morgan fingerprint density at radius 1 is 1.10 bits per heavy atom. The third-order valence-corrected chi connectivity index (χ3v) is 7.52. The smallest absolute Gasteiger partial charge is 0.349 e. The van der Waals surface area contributed by atoms with Gasteiger partial charge in [0.2, 0.25) is 10.0 Å². The standard InChI is InChI=1S/C17H18N6O4S2/c1-27-17(24)16-13(5-12-28-16)29(25,26)22-10-8-21(9-11-22)14-3-4-15(20-19-14)23-7-2-6-18-23/h2-7,12H,8-11H2,1H3. The van der Waals surface area contributed by atoms with Gasteiger partial charge in [-0.25, -0.2) is 17.9 Å². The average Bonchev–Trinajstić information content (AvgIpc) is 3.46. The van der Waals surface area contributed by atoms with E-state index >= 15 is 0 Å². The second-order valence-electron chi connectivity index (χ2n) is 6.20. The fraction of sp³-hybridized carbons (Fsp3) is 0.294. The summed E-state index contributed by atoms with van der Waals surface area (Å²) in [6, 6.07) is 6.89. The van der Waals surface area contributed by atoms with E-state index in [0.717, 1.165) is 11.3 Å². The van der Waals surface area contributed by atoms with Crippen molar-refractivity contribution in [3.63, 3.8) is 0 Å². The molecule has 0 radical (unpaired) electrons. The highest BCUT2D eigenvalue weighted by molar-refractivity contribution is 7.89. The van der Waals surface area contributed by atoms with Crippen LogP contribution in [-0.2, 0) is 14.8 Å². The van der Waals surface area contributed by atoms with Gasteiger partial charge < -0.3 is 9.64 Å². The Hall–Kier alpha value is -2.83. The van der Waals surface area contributed by atoms with Crippen molar-refractivity contribution in [2.45, 2.75) is 4.90 Å². The molecule has 1 saturated heterocycles. The monoisotopic (exact) mass is 434 g/mol. The number of ether oxygens (including phenoxy) is 1. The SMILES string of the molecule is COC(=O)c1sccc1S(=O)(=O)N1CCN(c2ccc(-n3cccn3)nn2)CC1. The number of carbonyl (C=O) groups excluding carboxylic acids is 1. The minimum absolute atomic E-state index is 0.00818. The lowest BCUT2D eigenvalue weighted by atomic mass is 10.3. The zero-order valence-electron chi connectivity index (χ0n) is 15.5. The van der Waals surface area contributed by atoms with E-state index in [1.165, 1.54) is 17.5 Å². The second-order valence-corrected chi connectivity index (χ2v) is 9.02. The summed E-state index contributed by atoms with van der Waals surface area (Å²) in [4.78, 5) is 13.9. The van der Waals surface area contributed by atoms with Crippen molar-refractivity contribution in [1.82, 2.24) is 24.3 Å². The first-order valence-corrected chi connectivity index (χ1v) is 11.1. The summed E-state index contributed by atoms with van der Waals surface area (Å²) in [7, 11) is -2.55. The van der Waals surface area contributed by atoms with Crippen LogP contribution >= 0.6 is 11.3 Å². The number of nitrogens with zero attached hydrogens (tertiary/aromatic N) is 6. The Morgan fingerprint density at radius 3 is 2.45 bits per heavy atom. The Balaban J connectivity index is 1.45. The summed E-state index contributed by atoms with van der Waals surface area (Å²) >= 11 is 1.05. The molecule has 1 aliphatic rings. The lowest BCUT2D eigenvalue weighted by molar-refractivity contribution is 0.0602. The number of thiophene rings is 1. The van der Waals surface area contributed by atoms with Gasteiger partial charge in [0.1, 0.15) is 9.77 Å². The molecule has 0 amide bonds. The van der Waals surface area contributed by atoms with Crippen LogP contribution in [-0.4, -0.2) is 72.0 Å². The molecule has 0 bridgehead atoms. The number of aromatic nitrogens is 4. The zero-order chi connectivity index (χ0) is 20.4. The lowest BCUT2D eigenvalue weighted by Gasteiger charge is -2.34. The first-order valence-electron chi connectivity index (χ1n) is 8.75. The van der Waals surface area contributed by atoms with Crippen LogP contribution in [0, 0.1) is 0 Å². The van der Waals surface area contributed by atoms with E-state index in [2.05, 4.69) is 20.0 Å². The van der Waals surface area contributed by atoms with Crippen molar-refractivity contribution in [2.75, 3.05) is 38.2 Å². The van der Waals surface area contributed by atoms with Gasteiger partial charge in [-0.1, -0.05) is 0 Å². The Kier molecular flexibility index (Phi) is 5.30. The number of sulfonamides is 1. The van der Waals surface area contributed by atoms with Gasteiger partial charge >= 0.3 is 5.97 Å². The van der Waals surface area contributed by atoms with Crippen LogP contribution in [0.3, 0.4) is 0 Å². The van der Waals surface area contributed by atoms with Gasteiger partial charge in [0.25, 0.3) is 0 Å². The van der Waals surface area contributed by atoms with Gasteiger partial charge in [-0.3, -0.25) is 0 Å². The van der Waals surface area contributed by atoms with E-state index in [1.54, 1.807) is 28.5 Å². The Bertz CT molecular complexity index is 1090. The minimum Gasteiger partial charge on any atom is -0.465 e. The highest BCUT2D eigenvalue weighted by Crippen LogP contribution is 2.27. The molecule has 0 spiro atoms. The van der Waals surface area contributed by atoms with E-state index in [4.69, 9.17) is 0 Å². The summed E-state index contributed by atoms with van der Waals surface area (Å²) in [5.41, 5.74) is 0. The largest absolute Gasteiger partial charge is 0.465 e. The average molecular weight is 435 g/mol. The van der Waals surface area contributed by atoms with Crippen LogP contribution in [0.25, 0.3) is 5.82 Å². The summed E-state index contributed by atoms with van der Waals surface area (Å²) in [5, 5.41) is 14.1. The van der Waals surface area contributed by atoms with Crippen LogP contribution in [0.2, 0.25) is 0 Å². The molecule has 0 unspecified atom stereocenters. The molecule has 4 rings (SSSR count). The molecule has 0 N–H and O–H groups in total. The van der Waals surface area contributed by atoms with Crippen LogP contribution in [0.5, 0.6) is 0 Å². The molecular formula is C17H18N6O4S2. The summed E-state index contributed by atoms with van der Waals surface area (Å²) in [6.07, 6.45) is 3.44. The van der Waals surface area contributed by atoms with Crippen molar-refractivity contribution < 1.29 is 17.9 Å². The second kappa shape index (κ2) is 7.89. The van der Waals surface area contributed by atoms with E-state index < -0.39 is 16.0 Å². The first-order chi connectivity index (χ1) is 14.0. The Labute approximate surface area is 171 Å². The number of hydrogen-bond acceptors (Lipinski definition) is 9. The van der Waals surface area contributed by atoms with E-state index in [0.29, 0.717) is 24.7 Å². The van der Waals surface area contributed by atoms with Gasteiger partial charge in [0, 0.05) is 38.6 Å². The number of methoxy groups -OCH3 is 1. The van der Waals surface area contributed by atoms with Crippen LogP contribution in [0.15, 0.2) is 46.9 Å². The van der Waals surface area contributed by atoms with E-state index in [-0.39, 0.29) is 22.9 Å². The fourth-order valence-corrected chi connectivity index (χ4v) is 5.78. The number of rotatable bonds is 5. The first kappa shape index (κ1) is 19.5. The molecule has 1 fully saturated rings. The third-order valence-electron chi connectivity index (χ3n) is 4.56. The summed E-state index contributed by atoms with van der Waals surface area (Å²) in [5.74, 6) is 0.626. The molecule has 1 aliphatic heterocycles. The lowest BCUT2D eigenvalue weighted by Crippen LogP contribution is -2.49. The third kappa shape index (κ3) is 3.73. The molecule has 3 aromatic heterocycles. The molecule has 152 valence electrons. The van der Waals surface area contributed by atoms with Gasteiger partial charge in [0.15, 0.2) is 11.6 Å². The van der Waals surface area contributed by atoms with E-state index in [1.807, 2.05) is 17.0 Å². The highest BCUT2D eigenvalue weighted by atomic mass is 32.2. The highest BCUT2D eigenvalue weighted by Gasteiger charge is 2.33. The predicted molar refractivity (Wildman–Crippen MR) is 106 cm³/mol. The van der Waals surface area contributed by atoms with Gasteiger partial charge in [-0.2, -0.15) is 9.40 Å². The number of carbonyl (C=O) groups is 1. The van der Waals surface area contributed by atoms with Crippen molar-refractivity contribution in [3.8, 4) is 5.82 Å². The summed E-state index contributed by atoms with van der Waals surface area (Å²) in [6.45, 7) is 1.49. The van der Waals surface area contributed by atoms with Gasteiger partial charge in [0.05, 0.1) is 7.11 Å². The predicted octanol–water partition coefficient (Wildman–Crippen LogP) is 1.02. The van der Waals surface area contributed by atoms with Crippen molar-refractivity contribution >= 4 is 33.1 Å². The minimum atomic E-state index is -3.78. The van der Waals surface area contributed by atoms with E-state index in [9.17, 15) is 13.2 Å².